The first-order chi connectivity index (χ1) is 8.60. The predicted molar refractivity (Wildman–Crippen MR) is 67.1 cm³/mol. The zero-order chi connectivity index (χ0) is 13.1. The molecule has 0 saturated carbocycles. The molecule has 0 unspecified atom stereocenters. The van der Waals surface area contributed by atoms with Crippen LogP contribution in [-0.4, -0.2) is 9.97 Å². The normalized spacial score (nSPS) is 9.83. The van der Waals surface area contributed by atoms with Crippen molar-refractivity contribution in [3.8, 4) is 17.7 Å². The number of rotatable bonds is 2. The lowest BCUT2D eigenvalue weighted by Crippen LogP contribution is -1.97. The Hall–Kier alpha value is -2.61. The molecule has 5 heteroatoms. The van der Waals surface area contributed by atoms with Crippen LogP contribution in [0.3, 0.4) is 0 Å². The monoisotopic (exact) mass is 240 g/mol. The Labute approximate surface area is 105 Å². The minimum absolute atomic E-state index is 0.351. The molecule has 1 heterocycles. The summed E-state index contributed by atoms with van der Waals surface area (Å²) in [5.41, 5.74) is 7.93. The van der Waals surface area contributed by atoms with Crippen molar-refractivity contribution in [2.24, 2.45) is 0 Å². The molecule has 0 saturated heterocycles. The highest BCUT2D eigenvalue weighted by atomic mass is 16.5. The topological polar surface area (TPSA) is 84.8 Å². The number of nitriles is 1. The number of benzene rings is 1. The van der Waals surface area contributed by atoms with Gasteiger partial charge in [0.1, 0.15) is 17.9 Å². The van der Waals surface area contributed by atoms with Crippen LogP contribution in [0, 0.1) is 25.2 Å². The van der Waals surface area contributed by atoms with Gasteiger partial charge >= 0.3 is 0 Å². The van der Waals surface area contributed by atoms with Crippen LogP contribution in [-0.2, 0) is 0 Å². The van der Waals surface area contributed by atoms with E-state index in [1.807, 2.05) is 13.8 Å². The largest absolute Gasteiger partial charge is 0.438 e. The number of hydrogen-bond acceptors (Lipinski definition) is 5. The third-order valence-electron chi connectivity index (χ3n) is 2.46. The lowest BCUT2D eigenvalue weighted by molar-refractivity contribution is 0.455. The molecule has 2 rings (SSSR count). The molecule has 1 aromatic carbocycles. The molecular formula is C13H12N4O. The van der Waals surface area contributed by atoms with Crippen LogP contribution in [0.2, 0.25) is 0 Å². The number of ether oxygens (including phenoxy) is 1. The highest BCUT2D eigenvalue weighted by molar-refractivity contribution is 5.48. The first kappa shape index (κ1) is 11.9. The molecule has 18 heavy (non-hydrogen) atoms. The third-order valence-corrected chi connectivity index (χ3v) is 2.46. The smallest absolute Gasteiger partial charge is 0.224 e. The molecule has 0 fully saturated rings. The van der Waals surface area contributed by atoms with Gasteiger partial charge in [-0.05, 0) is 37.1 Å². The highest BCUT2D eigenvalue weighted by Gasteiger charge is 2.08. The van der Waals surface area contributed by atoms with Crippen molar-refractivity contribution in [1.29, 1.82) is 5.26 Å². The van der Waals surface area contributed by atoms with Gasteiger partial charge in [0.05, 0.1) is 11.6 Å². The fraction of sp³-hybridized carbons (Fsp3) is 0.154. The summed E-state index contributed by atoms with van der Waals surface area (Å²) in [4.78, 5) is 7.78. The molecule has 0 aliphatic heterocycles. The average Bonchev–Trinajstić information content (AvgIpc) is 2.33. The van der Waals surface area contributed by atoms with Crippen molar-refractivity contribution in [3.05, 3.63) is 41.2 Å². The lowest BCUT2D eigenvalue weighted by Gasteiger charge is -2.11. The fourth-order valence-electron chi connectivity index (χ4n) is 1.69. The van der Waals surface area contributed by atoms with Crippen LogP contribution in [0.15, 0.2) is 24.5 Å². The highest BCUT2D eigenvalue weighted by Crippen LogP contribution is 2.28. The molecular weight excluding hydrogens is 228 g/mol. The maximum absolute atomic E-state index is 8.88. The van der Waals surface area contributed by atoms with E-state index in [0.717, 1.165) is 11.1 Å². The van der Waals surface area contributed by atoms with Gasteiger partial charge < -0.3 is 10.5 Å². The Morgan fingerprint density at radius 2 is 1.83 bits per heavy atom. The minimum atomic E-state index is 0.351. The molecule has 90 valence electrons. The van der Waals surface area contributed by atoms with Gasteiger partial charge in [0.25, 0.3) is 0 Å². The van der Waals surface area contributed by atoms with Gasteiger partial charge in [-0.1, -0.05) is 0 Å². The van der Waals surface area contributed by atoms with E-state index in [9.17, 15) is 0 Å². The number of anilines is 1. The van der Waals surface area contributed by atoms with E-state index in [-0.39, 0.29) is 0 Å². The standard InChI is InChI=1S/C13H12N4O/c1-8-3-10(6-14)4-9(2)13(8)18-12-5-11(15)16-7-17-12/h3-5,7H,1-2H3,(H2,15,16,17). The van der Waals surface area contributed by atoms with Gasteiger partial charge in [0.15, 0.2) is 0 Å². The summed E-state index contributed by atoms with van der Waals surface area (Å²) in [6.07, 6.45) is 1.35. The molecule has 2 aromatic rings. The summed E-state index contributed by atoms with van der Waals surface area (Å²) < 4.78 is 5.68. The molecule has 0 aliphatic carbocycles. The van der Waals surface area contributed by atoms with E-state index in [1.54, 1.807) is 18.2 Å². The van der Waals surface area contributed by atoms with Crippen molar-refractivity contribution in [3.63, 3.8) is 0 Å². The number of aryl methyl sites for hydroxylation is 2. The third kappa shape index (κ3) is 2.38. The maximum Gasteiger partial charge on any atom is 0.224 e. The van der Waals surface area contributed by atoms with Gasteiger partial charge in [-0.3, -0.25) is 0 Å². The second-order valence-corrected chi connectivity index (χ2v) is 3.93. The SMILES string of the molecule is Cc1cc(C#N)cc(C)c1Oc1cc(N)ncn1. The lowest BCUT2D eigenvalue weighted by atomic mass is 10.1. The second-order valence-electron chi connectivity index (χ2n) is 3.93. The summed E-state index contributed by atoms with van der Waals surface area (Å²) in [7, 11) is 0. The molecule has 0 aliphatic rings. The average molecular weight is 240 g/mol. The number of nitrogen functional groups attached to an aromatic ring is 1. The van der Waals surface area contributed by atoms with Crippen molar-refractivity contribution in [2.75, 3.05) is 5.73 Å². The molecule has 0 amide bonds. The van der Waals surface area contributed by atoms with Crippen molar-refractivity contribution in [1.82, 2.24) is 9.97 Å². The number of nitrogens with zero attached hydrogens (tertiary/aromatic N) is 3. The van der Waals surface area contributed by atoms with E-state index < -0.39 is 0 Å². The van der Waals surface area contributed by atoms with Crippen LogP contribution in [0.25, 0.3) is 0 Å². The van der Waals surface area contributed by atoms with Crippen LogP contribution >= 0.6 is 0 Å². The molecule has 0 radical (unpaired) electrons. The van der Waals surface area contributed by atoms with Gasteiger partial charge in [0, 0.05) is 6.07 Å². The molecule has 0 spiro atoms. The summed E-state index contributed by atoms with van der Waals surface area (Å²) in [5, 5.41) is 8.88. The first-order valence-corrected chi connectivity index (χ1v) is 5.37. The van der Waals surface area contributed by atoms with Gasteiger partial charge in [-0.15, -0.1) is 0 Å². The van der Waals surface area contributed by atoms with Crippen LogP contribution < -0.4 is 10.5 Å². The van der Waals surface area contributed by atoms with Crippen molar-refractivity contribution in [2.45, 2.75) is 13.8 Å². The Kier molecular flexibility index (Phi) is 3.11. The van der Waals surface area contributed by atoms with Crippen molar-refractivity contribution < 1.29 is 4.74 Å². The van der Waals surface area contributed by atoms with Crippen LogP contribution in [0.1, 0.15) is 16.7 Å². The Balaban J connectivity index is 2.38. The zero-order valence-corrected chi connectivity index (χ0v) is 10.1. The van der Waals surface area contributed by atoms with Crippen LogP contribution in [0.5, 0.6) is 11.6 Å². The van der Waals surface area contributed by atoms with Gasteiger partial charge in [-0.25, -0.2) is 9.97 Å². The quantitative estimate of drug-likeness (QED) is 0.870. The molecule has 1 aromatic heterocycles. The summed E-state index contributed by atoms with van der Waals surface area (Å²) >= 11 is 0. The number of aromatic nitrogens is 2. The number of nitrogens with two attached hydrogens (primary N) is 1. The maximum atomic E-state index is 8.88. The van der Waals surface area contributed by atoms with E-state index in [1.165, 1.54) is 6.33 Å². The summed E-state index contributed by atoms with van der Waals surface area (Å²) in [6.45, 7) is 3.77. The Morgan fingerprint density at radius 1 is 1.17 bits per heavy atom. The van der Waals surface area contributed by atoms with Gasteiger partial charge in [0.2, 0.25) is 5.88 Å². The molecule has 2 N–H and O–H groups in total. The second kappa shape index (κ2) is 4.72. The molecule has 5 nitrogen and oxygen atoms in total. The van der Waals surface area contributed by atoms with Crippen LogP contribution in [0.4, 0.5) is 5.82 Å². The van der Waals surface area contributed by atoms with E-state index in [4.69, 9.17) is 15.7 Å². The summed E-state index contributed by atoms with van der Waals surface area (Å²) in [5.74, 6) is 1.43. The summed E-state index contributed by atoms with van der Waals surface area (Å²) in [6, 6.07) is 7.20. The van der Waals surface area contributed by atoms with E-state index >= 15 is 0 Å². The van der Waals surface area contributed by atoms with E-state index in [0.29, 0.717) is 23.0 Å². The molecule has 0 atom stereocenters. The Morgan fingerprint density at radius 3 is 2.39 bits per heavy atom. The zero-order valence-electron chi connectivity index (χ0n) is 10.1. The number of hydrogen-bond donors (Lipinski definition) is 1. The Bertz CT molecular complexity index is 608. The predicted octanol–water partition coefficient (Wildman–Crippen LogP) is 2.34. The van der Waals surface area contributed by atoms with Gasteiger partial charge in [-0.2, -0.15) is 5.26 Å². The fourth-order valence-corrected chi connectivity index (χ4v) is 1.69. The first-order valence-electron chi connectivity index (χ1n) is 5.37. The van der Waals surface area contributed by atoms with Crippen molar-refractivity contribution >= 4 is 5.82 Å². The minimum Gasteiger partial charge on any atom is -0.438 e. The molecule has 0 bridgehead atoms. The van der Waals surface area contributed by atoms with E-state index in [2.05, 4.69) is 16.0 Å².